The Bertz CT molecular complexity index is 1150. The first-order valence-corrected chi connectivity index (χ1v) is 10.6. The summed E-state index contributed by atoms with van der Waals surface area (Å²) in [6, 6.07) is 11.0. The summed E-state index contributed by atoms with van der Waals surface area (Å²) >= 11 is 0. The van der Waals surface area contributed by atoms with Gasteiger partial charge in [0, 0.05) is 7.41 Å². The molecule has 2 aromatic carbocycles. The predicted molar refractivity (Wildman–Crippen MR) is 120 cm³/mol. The molecule has 0 N–H and O–H groups in total. The van der Waals surface area contributed by atoms with Crippen LogP contribution in [-0.2, 0) is 13.5 Å². The number of rotatable bonds is 4. The van der Waals surface area contributed by atoms with E-state index in [0.717, 1.165) is 51.1 Å². The van der Waals surface area contributed by atoms with Crippen LogP contribution in [0.2, 0.25) is 0 Å². The van der Waals surface area contributed by atoms with Gasteiger partial charge < -0.3 is 0 Å². The van der Waals surface area contributed by atoms with Crippen LogP contribution >= 0.6 is 0 Å². The van der Waals surface area contributed by atoms with Crippen molar-refractivity contribution in [2.45, 2.75) is 65.7 Å². The number of aryl methyl sites for hydroxylation is 1. The van der Waals surface area contributed by atoms with Crippen LogP contribution in [0.25, 0.3) is 22.0 Å². The molecule has 4 rings (SSSR count). The lowest BCUT2D eigenvalue weighted by Crippen LogP contribution is -2.31. The highest BCUT2D eigenvalue weighted by atomic mass is 14.9. The molecule has 1 nitrogen and oxygen atoms in total. The number of fused-ring (bicyclic) bond motifs is 1. The third-order valence-electron chi connectivity index (χ3n) is 6.53. The third kappa shape index (κ3) is 3.60. The molecule has 0 amide bonds. The van der Waals surface area contributed by atoms with Gasteiger partial charge in [-0.05, 0) is 71.9 Å². The van der Waals surface area contributed by atoms with Crippen LogP contribution < -0.4 is 4.57 Å². The number of hydrogen-bond acceptors (Lipinski definition) is 0. The molecule has 1 aliphatic carbocycles. The molecule has 146 valence electrons. The van der Waals surface area contributed by atoms with Gasteiger partial charge in [0.2, 0.25) is 5.69 Å². The molecule has 1 fully saturated rings. The molecule has 3 aromatic rings. The first-order chi connectivity index (χ1) is 14.6. The standard InChI is InChI=1S/C27H34N/c1-18(2)24-14-19(3)20(4)26(17-24)27-25-11-10-22(15-21-8-6-7-9-21)16-23(25)12-13-28(27)5/h10-14,16-18,21H,6-9,15H2,1-5H3/q+1/i12D,13D,18D. The highest BCUT2D eigenvalue weighted by Crippen LogP contribution is 2.34. The van der Waals surface area contributed by atoms with E-state index in [0.29, 0.717) is 6.04 Å². The molecule has 0 saturated heterocycles. The predicted octanol–water partition coefficient (Wildman–Crippen LogP) is 6.80. The molecule has 1 saturated carbocycles. The van der Waals surface area contributed by atoms with Crippen molar-refractivity contribution in [3.8, 4) is 11.3 Å². The third-order valence-corrected chi connectivity index (χ3v) is 6.53. The lowest BCUT2D eigenvalue weighted by atomic mass is 9.90. The Hall–Kier alpha value is -2.15. The highest BCUT2D eigenvalue weighted by Gasteiger charge is 2.20. The lowest BCUT2D eigenvalue weighted by molar-refractivity contribution is -0.659. The SMILES string of the molecule is [2H]c1c([2H])[n+](C)c(-c2cc(C([2H])(C)C)cc(C)c2C)c2ccc(CC3CCCC3)cc12. The van der Waals surface area contributed by atoms with Crippen molar-refractivity contribution in [3.63, 3.8) is 0 Å². The number of aromatic nitrogens is 1. The van der Waals surface area contributed by atoms with E-state index < -0.39 is 5.89 Å². The van der Waals surface area contributed by atoms with Crippen molar-refractivity contribution in [1.82, 2.24) is 0 Å². The van der Waals surface area contributed by atoms with Crippen molar-refractivity contribution >= 4 is 10.8 Å². The quantitative estimate of drug-likeness (QED) is 0.441. The van der Waals surface area contributed by atoms with Crippen molar-refractivity contribution in [3.05, 3.63) is 64.8 Å². The van der Waals surface area contributed by atoms with E-state index in [2.05, 4.69) is 44.2 Å². The summed E-state index contributed by atoms with van der Waals surface area (Å²) in [6.07, 6.45) is 6.57. The molecule has 0 bridgehead atoms. The topological polar surface area (TPSA) is 3.88 Å². The summed E-state index contributed by atoms with van der Waals surface area (Å²) in [5, 5.41) is 1.88. The number of benzene rings is 2. The van der Waals surface area contributed by atoms with Gasteiger partial charge in [0.1, 0.15) is 8.42 Å². The maximum atomic E-state index is 8.67. The number of pyridine rings is 1. The Morgan fingerprint density at radius 3 is 2.61 bits per heavy atom. The van der Waals surface area contributed by atoms with Gasteiger partial charge >= 0.3 is 0 Å². The Morgan fingerprint density at radius 2 is 1.89 bits per heavy atom. The number of nitrogens with zero attached hydrogens (tertiary/aromatic N) is 1. The summed E-state index contributed by atoms with van der Waals surface area (Å²) in [5.41, 5.74) is 6.59. The Labute approximate surface area is 174 Å². The molecule has 1 aromatic heterocycles. The smallest absolute Gasteiger partial charge is 0.200 e. The average Bonchev–Trinajstić information content (AvgIpc) is 3.22. The van der Waals surface area contributed by atoms with Gasteiger partial charge in [0.05, 0.1) is 12.3 Å². The molecule has 0 aliphatic heterocycles. The van der Waals surface area contributed by atoms with Crippen molar-refractivity contribution < 1.29 is 8.68 Å². The fraction of sp³-hybridized carbons (Fsp3) is 0.444. The zero-order valence-corrected chi connectivity index (χ0v) is 17.9. The Kier molecular flexibility index (Phi) is 4.33. The zero-order valence-electron chi connectivity index (χ0n) is 20.9. The molecular weight excluding hydrogens is 338 g/mol. The molecule has 0 radical (unpaired) electrons. The van der Waals surface area contributed by atoms with E-state index in [1.54, 1.807) is 0 Å². The highest BCUT2D eigenvalue weighted by molar-refractivity contribution is 5.94. The van der Waals surface area contributed by atoms with Crippen LogP contribution in [0.1, 0.15) is 71.8 Å². The van der Waals surface area contributed by atoms with Crippen LogP contribution in [0.3, 0.4) is 0 Å². The van der Waals surface area contributed by atoms with E-state index in [9.17, 15) is 0 Å². The molecule has 1 heteroatoms. The maximum absolute atomic E-state index is 8.67. The van der Waals surface area contributed by atoms with E-state index in [1.807, 2.05) is 25.5 Å². The van der Waals surface area contributed by atoms with Gasteiger partial charge in [-0.3, -0.25) is 0 Å². The zero-order chi connectivity index (χ0) is 22.5. The maximum Gasteiger partial charge on any atom is 0.220 e. The van der Waals surface area contributed by atoms with E-state index in [1.165, 1.54) is 31.2 Å². The molecular formula is C27H34N+. The molecule has 28 heavy (non-hydrogen) atoms. The number of hydrogen-bond donors (Lipinski definition) is 0. The van der Waals surface area contributed by atoms with E-state index >= 15 is 0 Å². The van der Waals surface area contributed by atoms with Gasteiger partial charge in [-0.2, -0.15) is 0 Å². The van der Waals surface area contributed by atoms with Crippen molar-refractivity contribution in [2.75, 3.05) is 0 Å². The van der Waals surface area contributed by atoms with Gasteiger partial charge in [0.15, 0.2) is 6.17 Å². The van der Waals surface area contributed by atoms with Crippen molar-refractivity contribution in [2.24, 2.45) is 13.0 Å². The fourth-order valence-electron chi connectivity index (χ4n) is 4.68. The minimum absolute atomic E-state index is 0.230. The average molecular weight is 376 g/mol. The Balaban J connectivity index is 1.95. The lowest BCUT2D eigenvalue weighted by Gasteiger charge is -2.15. The molecule has 1 aliphatic rings. The second-order valence-electron chi connectivity index (χ2n) is 8.84. The summed E-state index contributed by atoms with van der Waals surface area (Å²) in [5.74, 6) is 0.0529. The minimum Gasteiger partial charge on any atom is -0.200 e. The van der Waals surface area contributed by atoms with Gasteiger partial charge in [-0.1, -0.05) is 57.7 Å². The summed E-state index contributed by atoms with van der Waals surface area (Å²) in [6.45, 7) is 8.04. The second kappa shape index (κ2) is 7.70. The molecule has 0 unspecified atom stereocenters. The summed E-state index contributed by atoms with van der Waals surface area (Å²) in [4.78, 5) is 0. The first kappa shape index (κ1) is 15.7. The fourth-order valence-corrected chi connectivity index (χ4v) is 4.68. The van der Waals surface area contributed by atoms with Crippen molar-refractivity contribution in [1.29, 1.82) is 0 Å². The summed E-state index contributed by atoms with van der Waals surface area (Å²) < 4.78 is 27.7. The van der Waals surface area contributed by atoms with Crippen LogP contribution in [0, 0.1) is 19.8 Å². The Morgan fingerprint density at radius 1 is 1.14 bits per heavy atom. The second-order valence-corrected chi connectivity index (χ2v) is 8.84. The molecule has 0 spiro atoms. The van der Waals surface area contributed by atoms with E-state index in [-0.39, 0.29) is 6.17 Å². The van der Waals surface area contributed by atoms with Gasteiger partial charge in [0.25, 0.3) is 0 Å². The summed E-state index contributed by atoms with van der Waals surface area (Å²) in [7, 11) is 1.88. The van der Waals surface area contributed by atoms with E-state index in [4.69, 9.17) is 4.11 Å². The van der Waals surface area contributed by atoms with Gasteiger partial charge in [-0.15, -0.1) is 0 Å². The van der Waals surface area contributed by atoms with Crippen LogP contribution in [0.5, 0.6) is 0 Å². The normalized spacial score (nSPS) is 17.0. The largest absolute Gasteiger partial charge is 0.220 e. The van der Waals surface area contributed by atoms with Crippen LogP contribution in [-0.4, -0.2) is 0 Å². The minimum atomic E-state index is -0.699. The first-order valence-electron chi connectivity index (χ1n) is 12.1. The molecule has 1 heterocycles. The van der Waals surface area contributed by atoms with Gasteiger partial charge in [-0.25, -0.2) is 4.57 Å². The molecule has 0 atom stereocenters. The van der Waals surface area contributed by atoms with Crippen LogP contribution in [0.15, 0.2) is 42.5 Å². The van der Waals surface area contributed by atoms with Crippen LogP contribution in [0.4, 0.5) is 0 Å². The monoisotopic (exact) mass is 375 g/mol.